The molecule has 0 N–H and O–H groups in total. The van der Waals surface area contributed by atoms with E-state index in [4.69, 9.17) is 16.3 Å². The van der Waals surface area contributed by atoms with E-state index < -0.39 is 5.82 Å². The zero-order valence-corrected chi connectivity index (χ0v) is 8.77. The monoisotopic (exact) mass is 226 g/mol. The highest BCUT2D eigenvalue weighted by atomic mass is 35.5. The van der Waals surface area contributed by atoms with Gasteiger partial charge in [0.05, 0.1) is 0 Å². The van der Waals surface area contributed by atoms with Crippen molar-refractivity contribution in [1.29, 1.82) is 0 Å². The molecule has 1 aromatic rings. The number of benzene rings is 1. The van der Waals surface area contributed by atoms with Crippen LogP contribution >= 0.6 is 11.6 Å². The minimum Gasteiger partial charge on any atom is -0.485 e. The molecule has 1 aliphatic heterocycles. The number of Topliss-reactive ketones (excluding diaryl/α,β-unsaturated/α-hetero) is 1. The minimum atomic E-state index is -0.503. The van der Waals surface area contributed by atoms with Crippen LogP contribution in [0.4, 0.5) is 4.39 Å². The highest BCUT2D eigenvalue weighted by molar-refractivity contribution is 6.30. The van der Waals surface area contributed by atoms with E-state index in [0.717, 1.165) is 0 Å². The molecule has 0 amide bonds. The average Bonchev–Trinajstić information content (AvgIpc) is 2.16. The first-order valence-electron chi connectivity index (χ1n) is 4.41. The van der Waals surface area contributed by atoms with Crippen molar-refractivity contribution in [2.75, 3.05) is 6.61 Å². The number of halogens is 2. The standard InChI is InChI=1S/C11H8ClFO2/c1-6(14)8-2-7-3-9(12)4-10(13)11(7)15-5-8/h2-4H,5H2,1H3. The minimum absolute atomic E-state index is 0.0824. The summed E-state index contributed by atoms with van der Waals surface area (Å²) in [6.07, 6.45) is 1.61. The molecule has 4 heteroatoms. The summed E-state index contributed by atoms with van der Waals surface area (Å²) < 4.78 is 18.5. The van der Waals surface area contributed by atoms with Crippen LogP contribution in [0.2, 0.25) is 5.02 Å². The molecule has 1 aromatic carbocycles. The Bertz CT molecular complexity index is 466. The van der Waals surface area contributed by atoms with Gasteiger partial charge in [0.2, 0.25) is 0 Å². The van der Waals surface area contributed by atoms with E-state index >= 15 is 0 Å². The van der Waals surface area contributed by atoms with Gasteiger partial charge in [0, 0.05) is 16.2 Å². The zero-order valence-electron chi connectivity index (χ0n) is 8.01. The highest BCUT2D eigenvalue weighted by Gasteiger charge is 2.18. The summed E-state index contributed by atoms with van der Waals surface area (Å²) in [5.74, 6) is -0.429. The third kappa shape index (κ3) is 1.88. The van der Waals surface area contributed by atoms with E-state index in [1.165, 1.54) is 13.0 Å². The third-order valence-electron chi connectivity index (χ3n) is 2.19. The lowest BCUT2D eigenvalue weighted by Crippen LogP contribution is -2.13. The van der Waals surface area contributed by atoms with Crippen LogP contribution in [0.1, 0.15) is 12.5 Å². The fraction of sp³-hybridized carbons (Fsp3) is 0.182. The molecule has 78 valence electrons. The summed E-state index contributed by atoms with van der Waals surface area (Å²) in [5, 5.41) is 0.288. The molecule has 0 fully saturated rings. The average molecular weight is 227 g/mol. The molecule has 0 spiro atoms. The zero-order chi connectivity index (χ0) is 11.0. The quantitative estimate of drug-likeness (QED) is 0.736. The Kier molecular flexibility index (Phi) is 2.49. The summed E-state index contributed by atoms with van der Waals surface area (Å²) in [6.45, 7) is 1.56. The molecular formula is C11H8ClFO2. The van der Waals surface area contributed by atoms with E-state index in [1.54, 1.807) is 12.1 Å². The largest absolute Gasteiger partial charge is 0.485 e. The number of hydrogen-bond acceptors (Lipinski definition) is 2. The summed E-state index contributed by atoms with van der Waals surface area (Å²) in [6, 6.07) is 2.76. The number of carbonyl (C=O) groups excluding carboxylic acids is 1. The fourth-order valence-corrected chi connectivity index (χ4v) is 1.64. The van der Waals surface area contributed by atoms with Crippen molar-refractivity contribution in [3.8, 4) is 5.75 Å². The van der Waals surface area contributed by atoms with Gasteiger partial charge in [-0.25, -0.2) is 4.39 Å². The molecule has 0 aromatic heterocycles. The van der Waals surface area contributed by atoms with Crippen LogP contribution in [0.15, 0.2) is 17.7 Å². The maximum absolute atomic E-state index is 13.3. The number of fused-ring (bicyclic) bond motifs is 1. The molecule has 0 saturated carbocycles. The van der Waals surface area contributed by atoms with Gasteiger partial charge in [0.25, 0.3) is 0 Å². The number of rotatable bonds is 1. The molecular weight excluding hydrogens is 219 g/mol. The number of hydrogen-bond donors (Lipinski definition) is 0. The molecule has 2 rings (SSSR count). The van der Waals surface area contributed by atoms with Gasteiger partial charge in [-0.3, -0.25) is 4.79 Å². The van der Waals surface area contributed by atoms with Crippen molar-refractivity contribution in [2.24, 2.45) is 0 Å². The Labute approximate surface area is 91.3 Å². The topological polar surface area (TPSA) is 26.3 Å². The number of carbonyl (C=O) groups is 1. The Hall–Kier alpha value is -1.35. The summed E-state index contributed by atoms with van der Waals surface area (Å²) in [7, 11) is 0. The lowest BCUT2D eigenvalue weighted by atomic mass is 10.1. The Morgan fingerprint density at radius 3 is 2.93 bits per heavy atom. The van der Waals surface area contributed by atoms with Crippen molar-refractivity contribution >= 4 is 23.5 Å². The van der Waals surface area contributed by atoms with Gasteiger partial charge < -0.3 is 4.74 Å². The van der Waals surface area contributed by atoms with Gasteiger partial charge in [0.1, 0.15) is 6.61 Å². The molecule has 1 aliphatic rings. The maximum atomic E-state index is 13.3. The SMILES string of the molecule is CC(=O)C1=Cc2cc(Cl)cc(F)c2OC1. The predicted octanol–water partition coefficient (Wildman–Crippen LogP) is 2.84. The summed E-state index contributed by atoms with van der Waals surface area (Å²) in [5.41, 5.74) is 1.03. The van der Waals surface area contributed by atoms with Crippen molar-refractivity contribution < 1.29 is 13.9 Å². The van der Waals surface area contributed by atoms with Crippen molar-refractivity contribution in [1.82, 2.24) is 0 Å². The van der Waals surface area contributed by atoms with Gasteiger partial charge in [-0.1, -0.05) is 11.6 Å². The third-order valence-corrected chi connectivity index (χ3v) is 2.41. The maximum Gasteiger partial charge on any atom is 0.167 e. The predicted molar refractivity (Wildman–Crippen MR) is 55.6 cm³/mol. The van der Waals surface area contributed by atoms with Crippen molar-refractivity contribution in [3.05, 3.63) is 34.1 Å². The van der Waals surface area contributed by atoms with Gasteiger partial charge in [-0.2, -0.15) is 0 Å². The normalized spacial score (nSPS) is 13.9. The van der Waals surface area contributed by atoms with Crippen LogP contribution in [-0.4, -0.2) is 12.4 Å². The Balaban J connectivity index is 2.54. The van der Waals surface area contributed by atoms with Gasteiger partial charge in [-0.05, 0) is 25.1 Å². The molecule has 0 bridgehead atoms. The molecule has 0 atom stereocenters. The molecule has 15 heavy (non-hydrogen) atoms. The second-order valence-corrected chi connectivity index (χ2v) is 3.76. The number of ketones is 1. The van der Waals surface area contributed by atoms with Crippen LogP contribution in [-0.2, 0) is 4.79 Å². The van der Waals surface area contributed by atoms with Crippen molar-refractivity contribution in [3.63, 3.8) is 0 Å². The summed E-state index contributed by atoms with van der Waals surface area (Å²) in [4.78, 5) is 11.1. The van der Waals surface area contributed by atoms with Gasteiger partial charge >= 0.3 is 0 Å². The highest BCUT2D eigenvalue weighted by Crippen LogP contribution is 2.32. The smallest absolute Gasteiger partial charge is 0.167 e. The summed E-state index contributed by atoms with van der Waals surface area (Å²) >= 11 is 5.70. The van der Waals surface area contributed by atoms with Crippen LogP contribution in [0.3, 0.4) is 0 Å². The lowest BCUT2D eigenvalue weighted by molar-refractivity contribution is -0.113. The van der Waals surface area contributed by atoms with E-state index in [9.17, 15) is 9.18 Å². The first kappa shape index (κ1) is 10.2. The molecule has 2 nitrogen and oxygen atoms in total. The van der Waals surface area contributed by atoms with Crippen LogP contribution in [0.25, 0.3) is 6.08 Å². The van der Waals surface area contributed by atoms with Crippen LogP contribution < -0.4 is 4.74 Å². The first-order valence-corrected chi connectivity index (χ1v) is 4.79. The lowest BCUT2D eigenvalue weighted by Gasteiger charge is -2.17. The van der Waals surface area contributed by atoms with E-state index in [1.807, 2.05) is 0 Å². The Morgan fingerprint density at radius 1 is 1.53 bits per heavy atom. The molecule has 0 radical (unpaired) electrons. The molecule has 0 saturated heterocycles. The van der Waals surface area contributed by atoms with Crippen molar-refractivity contribution in [2.45, 2.75) is 6.92 Å². The second-order valence-electron chi connectivity index (χ2n) is 3.32. The van der Waals surface area contributed by atoms with E-state index in [-0.39, 0.29) is 23.2 Å². The van der Waals surface area contributed by atoms with Gasteiger partial charge in [-0.15, -0.1) is 0 Å². The van der Waals surface area contributed by atoms with E-state index in [0.29, 0.717) is 11.1 Å². The first-order chi connectivity index (χ1) is 7.08. The van der Waals surface area contributed by atoms with Crippen LogP contribution in [0.5, 0.6) is 5.75 Å². The van der Waals surface area contributed by atoms with Gasteiger partial charge in [0.15, 0.2) is 17.3 Å². The second kappa shape index (κ2) is 3.66. The fourth-order valence-electron chi connectivity index (χ4n) is 1.42. The molecule has 0 aliphatic carbocycles. The van der Waals surface area contributed by atoms with Crippen LogP contribution in [0, 0.1) is 5.82 Å². The number of ether oxygens (including phenoxy) is 1. The van der Waals surface area contributed by atoms with E-state index in [2.05, 4.69) is 0 Å². The Morgan fingerprint density at radius 2 is 2.27 bits per heavy atom. The molecule has 0 unspecified atom stereocenters. The molecule has 1 heterocycles.